The van der Waals surface area contributed by atoms with Crippen molar-refractivity contribution in [2.24, 2.45) is 11.7 Å². The van der Waals surface area contributed by atoms with E-state index in [0.29, 0.717) is 23.7 Å². The van der Waals surface area contributed by atoms with Gasteiger partial charge in [-0.15, -0.1) is 0 Å². The number of anilines is 1. The first kappa shape index (κ1) is 14.3. The van der Waals surface area contributed by atoms with Gasteiger partial charge < -0.3 is 15.5 Å². The van der Waals surface area contributed by atoms with E-state index in [1.165, 1.54) is 0 Å². The third-order valence-electron chi connectivity index (χ3n) is 3.63. The lowest BCUT2D eigenvalue weighted by molar-refractivity contribution is -0.127. The number of carbonyl (C=O) groups is 2. The zero-order valence-corrected chi connectivity index (χ0v) is 11.9. The third-order valence-corrected chi connectivity index (χ3v) is 3.63. The molecule has 1 atom stereocenters. The number of rotatable bonds is 5. The predicted octanol–water partition coefficient (Wildman–Crippen LogP) is 0.485. The highest BCUT2D eigenvalue weighted by atomic mass is 16.2. The number of nitrogens with two attached hydrogens (primary N) is 1. The summed E-state index contributed by atoms with van der Waals surface area (Å²) in [5, 5.41) is 0. The van der Waals surface area contributed by atoms with Gasteiger partial charge >= 0.3 is 0 Å². The van der Waals surface area contributed by atoms with Gasteiger partial charge in [-0.25, -0.2) is 4.98 Å². The van der Waals surface area contributed by atoms with Gasteiger partial charge in [0.15, 0.2) is 0 Å². The van der Waals surface area contributed by atoms with Crippen LogP contribution in [-0.2, 0) is 4.79 Å². The van der Waals surface area contributed by atoms with Gasteiger partial charge in [0.1, 0.15) is 5.82 Å². The minimum absolute atomic E-state index is 0.213. The van der Waals surface area contributed by atoms with E-state index in [4.69, 9.17) is 5.73 Å². The number of aromatic nitrogens is 1. The maximum Gasteiger partial charge on any atom is 0.248 e. The van der Waals surface area contributed by atoms with Crippen molar-refractivity contribution in [3.8, 4) is 0 Å². The molecule has 0 saturated carbocycles. The van der Waals surface area contributed by atoms with Crippen LogP contribution in [0.25, 0.3) is 0 Å². The van der Waals surface area contributed by atoms with Gasteiger partial charge in [0.25, 0.3) is 0 Å². The van der Waals surface area contributed by atoms with E-state index < -0.39 is 5.91 Å². The van der Waals surface area contributed by atoms with E-state index in [0.717, 1.165) is 19.6 Å². The SMILES string of the molecule is CCN1CC(CN(C)c2cc(C(N)=O)ccn2)CC1=O. The summed E-state index contributed by atoms with van der Waals surface area (Å²) in [6.45, 7) is 4.27. The lowest BCUT2D eigenvalue weighted by atomic mass is 10.1. The molecule has 1 aliphatic rings. The normalized spacial score (nSPS) is 18.4. The molecule has 0 aliphatic carbocycles. The van der Waals surface area contributed by atoms with E-state index in [-0.39, 0.29) is 5.91 Å². The Kier molecular flexibility index (Phi) is 4.22. The Balaban J connectivity index is 2.02. The Morgan fingerprint density at radius 2 is 2.35 bits per heavy atom. The smallest absolute Gasteiger partial charge is 0.248 e. The Bertz CT molecular complexity index is 518. The highest BCUT2D eigenvalue weighted by Crippen LogP contribution is 2.20. The van der Waals surface area contributed by atoms with Crippen LogP contribution < -0.4 is 10.6 Å². The number of likely N-dealkylation sites (tertiary alicyclic amines) is 1. The summed E-state index contributed by atoms with van der Waals surface area (Å²) < 4.78 is 0. The molecule has 1 saturated heterocycles. The maximum atomic E-state index is 11.7. The Morgan fingerprint density at radius 1 is 1.60 bits per heavy atom. The molecule has 2 N–H and O–H groups in total. The predicted molar refractivity (Wildman–Crippen MR) is 76.4 cm³/mol. The Morgan fingerprint density at radius 3 is 2.95 bits per heavy atom. The first-order valence-corrected chi connectivity index (χ1v) is 6.76. The second kappa shape index (κ2) is 5.90. The van der Waals surface area contributed by atoms with Crippen molar-refractivity contribution >= 4 is 17.6 Å². The summed E-state index contributed by atoms with van der Waals surface area (Å²) in [7, 11) is 1.91. The second-order valence-corrected chi connectivity index (χ2v) is 5.15. The first-order chi connectivity index (χ1) is 9.51. The fraction of sp³-hybridized carbons (Fsp3) is 0.500. The molecular weight excluding hydrogens is 256 g/mol. The minimum atomic E-state index is -0.463. The van der Waals surface area contributed by atoms with E-state index >= 15 is 0 Å². The van der Waals surface area contributed by atoms with Crippen molar-refractivity contribution in [2.45, 2.75) is 13.3 Å². The molecule has 6 heteroatoms. The number of pyridine rings is 1. The Hall–Kier alpha value is -2.11. The van der Waals surface area contributed by atoms with Gasteiger partial charge in [-0.2, -0.15) is 0 Å². The van der Waals surface area contributed by atoms with Gasteiger partial charge in [-0.1, -0.05) is 0 Å². The number of nitrogens with zero attached hydrogens (tertiary/aromatic N) is 3. The fourth-order valence-electron chi connectivity index (χ4n) is 2.54. The number of amides is 2. The van der Waals surface area contributed by atoms with E-state index in [1.807, 2.05) is 23.8 Å². The van der Waals surface area contributed by atoms with Crippen molar-refractivity contribution in [1.29, 1.82) is 0 Å². The third kappa shape index (κ3) is 3.07. The van der Waals surface area contributed by atoms with Crippen molar-refractivity contribution < 1.29 is 9.59 Å². The molecule has 20 heavy (non-hydrogen) atoms. The quantitative estimate of drug-likeness (QED) is 0.848. The van der Waals surface area contributed by atoms with Crippen LogP contribution in [0.15, 0.2) is 18.3 Å². The van der Waals surface area contributed by atoms with Gasteiger partial charge in [-0.3, -0.25) is 9.59 Å². The average molecular weight is 276 g/mol. The summed E-state index contributed by atoms with van der Waals surface area (Å²) in [5.74, 6) is 0.746. The zero-order valence-electron chi connectivity index (χ0n) is 11.9. The lowest BCUT2D eigenvalue weighted by Gasteiger charge is -2.22. The maximum absolute atomic E-state index is 11.7. The summed E-state index contributed by atoms with van der Waals surface area (Å²) >= 11 is 0. The van der Waals surface area contributed by atoms with Gasteiger partial charge in [0.05, 0.1) is 0 Å². The minimum Gasteiger partial charge on any atom is -0.366 e. The summed E-state index contributed by atoms with van der Waals surface area (Å²) in [5.41, 5.74) is 5.71. The molecule has 2 rings (SSSR count). The first-order valence-electron chi connectivity index (χ1n) is 6.76. The van der Waals surface area contributed by atoms with Crippen LogP contribution >= 0.6 is 0 Å². The molecule has 1 aliphatic heterocycles. The van der Waals surface area contributed by atoms with E-state index in [9.17, 15) is 9.59 Å². The fourth-order valence-corrected chi connectivity index (χ4v) is 2.54. The van der Waals surface area contributed by atoms with Crippen molar-refractivity contribution in [3.05, 3.63) is 23.9 Å². The molecule has 1 fully saturated rings. The largest absolute Gasteiger partial charge is 0.366 e. The molecule has 108 valence electrons. The monoisotopic (exact) mass is 276 g/mol. The molecule has 1 aromatic heterocycles. The molecule has 1 unspecified atom stereocenters. The molecule has 1 aromatic rings. The molecular formula is C14H20N4O2. The Labute approximate surface area is 118 Å². The van der Waals surface area contributed by atoms with E-state index in [1.54, 1.807) is 18.3 Å². The summed E-state index contributed by atoms with van der Waals surface area (Å²) in [6, 6.07) is 3.27. The van der Waals surface area contributed by atoms with Gasteiger partial charge in [0, 0.05) is 50.8 Å². The number of primary amides is 1. The van der Waals surface area contributed by atoms with Crippen LogP contribution in [0.5, 0.6) is 0 Å². The molecule has 0 spiro atoms. The number of carbonyl (C=O) groups excluding carboxylic acids is 2. The highest BCUT2D eigenvalue weighted by Gasteiger charge is 2.29. The summed E-state index contributed by atoms with van der Waals surface area (Å²) in [4.78, 5) is 30.9. The molecule has 0 aromatic carbocycles. The van der Waals surface area contributed by atoms with Gasteiger partial charge in [0.2, 0.25) is 11.8 Å². The van der Waals surface area contributed by atoms with Crippen molar-refractivity contribution in [1.82, 2.24) is 9.88 Å². The van der Waals surface area contributed by atoms with Crippen LogP contribution in [-0.4, -0.2) is 48.4 Å². The molecule has 6 nitrogen and oxygen atoms in total. The van der Waals surface area contributed by atoms with Crippen molar-refractivity contribution in [3.63, 3.8) is 0 Å². The van der Waals surface area contributed by atoms with Crippen LogP contribution in [0, 0.1) is 5.92 Å². The van der Waals surface area contributed by atoms with Crippen LogP contribution in [0.2, 0.25) is 0 Å². The molecule has 0 bridgehead atoms. The van der Waals surface area contributed by atoms with Gasteiger partial charge in [-0.05, 0) is 19.1 Å². The van der Waals surface area contributed by atoms with Crippen LogP contribution in [0.3, 0.4) is 0 Å². The van der Waals surface area contributed by atoms with E-state index in [2.05, 4.69) is 4.98 Å². The number of hydrogen-bond donors (Lipinski definition) is 1. The van der Waals surface area contributed by atoms with Crippen molar-refractivity contribution in [2.75, 3.05) is 31.6 Å². The van der Waals surface area contributed by atoms with Crippen LogP contribution in [0.4, 0.5) is 5.82 Å². The molecule has 2 heterocycles. The standard InChI is InChI=1S/C14H20N4O2/c1-3-18-9-10(6-13(18)19)8-17(2)12-7-11(14(15)20)4-5-16-12/h4-5,7,10H,3,6,8-9H2,1-2H3,(H2,15,20). The molecule has 2 amide bonds. The van der Waals surface area contributed by atoms with Crippen LogP contribution in [0.1, 0.15) is 23.7 Å². The zero-order chi connectivity index (χ0) is 14.7. The summed E-state index contributed by atoms with van der Waals surface area (Å²) in [6.07, 6.45) is 2.15. The lowest BCUT2D eigenvalue weighted by Crippen LogP contribution is -2.29. The topological polar surface area (TPSA) is 79.5 Å². The highest BCUT2D eigenvalue weighted by molar-refractivity contribution is 5.93. The second-order valence-electron chi connectivity index (χ2n) is 5.15. The molecule has 0 radical (unpaired) electrons. The number of hydrogen-bond acceptors (Lipinski definition) is 4. The average Bonchev–Trinajstić information content (AvgIpc) is 2.78.